The molecule has 2 aliphatic rings. The van der Waals surface area contributed by atoms with Crippen LogP contribution in [0.25, 0.3) is 34.4 Å². The predicted octanol–water partition coefficient (Wildman–Crippen LogP) is 10.8. The molecule has 4 aromatic rings. The minimum absolute atomic E-state index is 0.401. The van der Waals surface area contributed by atoms with E-state index in [9.17, 15) is 0 Å². The number of unbranched alkanes of at least 4 members (excludes halogenated alkanes) is 1. The monoisotopic (exact) mass is 706 g/mol. The molecule has 2 aliphatic carbocycles. The second-order valence-electron chi connectivity index (χ2n) is 13.0. The third-order valence-corrected chi connectivity index (χ3v) is 52.6. The van der Waals surface area contributed by atoms with Gasteiger partial charge in [0.25, 0.3) is 0 Å². The molecule has 0 saturated heterocycles. The van der Waals surface area contributed by atoms with Crippen molar-refractivity contribution in [2.45, 2.75) is 56.4 Å². The third-order valence-electron chi connectivity index (χ3n) is 10.0. The number of allylic oxidation sites excluding steroid dienone is 2. The first-order chi connectivity index (χ1) is 19.3. The topological polar surface area (TPSA) is 0 Å². The van der Waals surface area contributed by atoms with Gasteiger partial charge in [0.2, 0.25) is 0 Å². The maximum atomic E-state index is 2.84. The molecule has 2 atom stereocenters. The molecular weight excluding hydrogens is 663 g/mol. The Balaban J connectivity index is 1.52. The molecule has 0 fully saturated rings. The Bertz CT molecular complexity index is 1610. The zero-order valence-electron chi connectivity index (χ0n) is 24.7. The Morgan fingerprint density at radius 2 is 1.05 bits per heavy atom. The number of hydrogen-bond donors (Lipinski definition) is 0. The molecule has 0 aliphatic heterocycles. The van der Waals surface area contributed by atoms with Crippen molar-refractivity contribution in [3.05, 3.63) is 130 Å². The van der Waals surface area contributed by atoms with Crippen LogP contribution in [-0.2, 0) is 17.1 Å². The van der Waals surface area contributed by atoms with Crippen LogP contribution in [0.2, 0.25) is 15.4 Å². The number of hydrogen-bond acceptors (Lipinski definition) is 0. The van der Waals surface area contributed by atoms with Gasteiger partial charge in [-0.15, -0.1) is 0 Å². The van der Waals surface area contributed by atoms with Gasteiger partial charge in [0.15, 0.2) is 0 Å². The van der Waals surface area contributed by atoms with Gasteiger partial charge >= 0.3 is 245 Å². The van der Waals surface area contributed by atoms with Crippen LogP contribution >= 0.6 is 0 Å². The first kappa shape index (κ1) is 27.6. The fourth-order valence-corrected chi connectivity index (χ4v) is 47.3. The second kappa shape index (κ2) is 10.7. The average molecular weight is 705 g/mol. The van der Waals surface area contributed by atoms with Crippen LogP contribution in [0.4, 0.5) is 0 Å². The van der Waals surface area contributed by atoms with Crippen molar-refractivity contribution < 1.29 is 17.1 Å². The molecule has 0 bridgehead atoms. The van der Waals surface area contributed by atoms with E-state index in [-0.39, 0.29) is 0 Å². The van der Waals surface area contributed by atoms with Crippen LogP contribution in [0, 0.1) is 13.8 Å². The van der Waals surface area contributed by atoms with E-state index in [0.29, 0.717) is 13.6 Å². The Labute approximate surface area is 243 Å². The summed E-state index contributed by atoms with van der Waals surface area (Å²) in [6.07, 6.45) is 13.3. The van der Waals surface area contributed by atoms with E-state index >= 15 is 0 Å². The molecule has 0 saturated carbocycles. The fourth-order valence-electron chi connectivity index (χ4n) is 7.69. The van der Waals surface area contributed by atoms with E-state index in [1.54, 1.807) is 11.1 Å². The zero-order valence-corrected chi connectivity index (χ0v) is 29.5. The van der Waals surface area contributed by atoms with E-state index in [2.05, 4.69) is 139 Å². The number of aryl methyl sites for hydroxylation is 2. The molecule has 0 heterocycles. The Morgan fingerprint density at radius 3 is 1.50 bits per heavy atom. The minimum atomic E-state index is -3.65. The van der Waals surface area contributed by atoms with Crippen LogP contribution in [-0.4, -0.2) is 6.22 Å². The van der Waals surface area contributed by atoms with Crippen molar-refractivity contribution in [2.24, 2.45) is 0 Å². The van der Waals surface area contributed by atoms with Gasteiger partial charge < -0.3 is 0 Å². The molecule has 0 spiro atoms. The summed E-state index contributed by atoms with van der Waals surface area (Å²) in [6, 6.07) is 33.5. The quantitative estimate of drug-likeness (QED) is 0.133. The summed E-state index contributed by atoms with van der Waals surface area (Å²) in [5, 5.41) is 0. The molecule has 0 amide bonds. The zero-order chi connectivity index (χ0) is 27.9. The molecular formula is C38H42HfSi. The van der Waals surface area contributed by atoms with E-state index in [1.807, 2.05) is 0 Å². The summed E-state index contributed by atoms with van der Waals surface area (Å²) in [7, 11) is 0. The van der Waals surface area contributed by atoms with Crippen molar-refractivity contribution in [1.29, 1.82) is 0 Å². The molecule has 2 unspecified atom stereocenters. The molecule has 0 nitrogen and oxygen atoms in total. The molecule has 4 aromatic carbocycles. The summed E-state index contributed by atoms with van der Waals surface area (Å²) in [6.45, 7) is 6.85. The van der Waals surface area contributed by atoms with E-state index in [0.717, 1.165) is 0 Å². The normalized spacial score (nSPS) is 17.6. The molecule has 0 radical (unpaired) electrons. The summed E-state index contributed by atoms with van der Waals surface area (Å²) in [5.74, 6) is 0. The van der Waals surface area contributed by atoms with Crippen LogP contribution in [0.5, 0.6) is 0 Å². The Kier molecular flexibility index (Phi) is 7.38. The third kappa shape index (κ3) is 4.52. The summed E-state index contributed by atoms with van der Waals surface area (Å²) in [4.78, 5) is 0. The molecule has 40 heavy (non-hydrogen) atoms. The molecule has 6 rings (SSSR count). The SMILES string of the molecule is CCCC[SiH]=[Hf]([CH3])([CH3])([CH]1C=Cc2c(-c3ccccc3C)cccc21)[CH]1C=Cc2c(-c3ccccc3C)cccc21. The van der Waals surface area contributed by atoms with Crippen molar-refractivity contribution in [1.82, 2.24) is 0 Å². The first-order valence-electron chi connectivity index (χ1n) is 15.1. The fraction of sp³-hybridized carbons (Fsp3) is 0.263. The molecule has 202 valence electrons. The predicted molar refractivity (Wildman–Crippen MR) is 175 cm³/mol. The Morgan fingerprint density at radius 1 is 0.600 bits per heavy atom. The van der Waals surface area contributed by atoms with E-state index in [1.165, 1.54) is 63.4 Å². The van der Waals surface area contributed by atoms with E-state index in [4.69, 9.17) is 0 Å². The average Bonchev–Trinajstić information content (AvgIpc) is 3.60. The van der Waals surface area contributed by atoms with Gasteiger partial charge in [0.1, 0.15) is 0 Å². The van der Waals surface area contributed by atoms with Crippen LogP contribution < -0.4 is 0 Å². The van der Waals surface area contributed by atoms with Gasteiger partial charge in [-0.3, -0.25) is 0 Å². The van der Waals surface area contributed by atoms with Crippen LogP contribution in [0.1, 0.15) is 60.5 Å². The molecule has 0 N–H and O–H groups in total. The Hall–Kier alpha value is -2.55. The maximum absolute atomic E-state index is 3.65. The number of fused-ring (bicyclic) bond motifs is 2. The standard InChI is InChI=1S/2C16H13.C4H10Si.2CH3.Hf/c2*1-12-6-2-3-9-14(12)16-11-5-8-13-7-4-10-15(13)16;1-2-3-4-5;;;/h2*2-11H,1H3;5H,2-4H2,1H3;2*1H3;. The van der Waals surface area contributed by atoms with Crippen molar-refractivity contribution >= 4 is 18.4 Å². The summed E-state index contributed by atoms with van der Waals surface area (Å²) < 4.78 is 6.87. The number of rotatable bonds is 7. The molecule has 2 heteroatoms. The van der Waals surface area contributed by atoms with Gasteiger partial charge in [-0.2, -0.15) is 0 Å². The van der Waals surface area contributed by atoms with Gasteiger partial charge in [-0.25, -0.2) is 0 Å². The van der Waals surface area contributed by atoms with E-state index < -0.39 is 17.1 Å². The van der Waals surface area contributed by atoms with Gasteiger partial charge in [0.05, 0.1) is 0 Å². The van der Waals surface area contributed by atoms with Gasteiger partial charge in [0, 0.05) is 0 Å². The van der Waals surface area contributed by atoms with Crippen LogP contribution in [0.3, 0.4) is 0 Å². The van der Waals surface area contributed by atoms with Crippen molar-refractivity contribution in [3.8, 4) is 22.3 Å². The van der Waals surface area contributed by atoms with Crippen LogP contribution in [0.15, 0.2) is 97.1 Å². The molecule has 0 aromatic heterocycles. The van der Waals surface area contributed by atoms with Crippen molar-refractivity contribution in [2.75, 3.05) is 0 Å². The van der Waals surface area contributed by atoms with Gasteiger partial charge in [-0.05, 0) is 0 Å². The first-order valence-corrected chi connectivity index (χ1v) is 34.1. The summed E-state index contributed by atoms with van der Waals surface area (Å²) >= 11 is -3.65. The second-order valence-corrected chi connectivity index (χ2v) is 57.4. The van der Waals surface area contributed by atoms with Gasteiger partial charge in [-0.1, -0.05) is 0 Å². The summed E-state index contributed by atoms with van der Waals surface area (Å²) in [5.41, 5.74) is 14.4. The van der Waals surface area contributed by atoms with Crippen molar-refractivity contribution in [3.63, 3.8) is 0 Å². The number of benzene rings is 4.